The summed E-state index contributed by atoms with van der Waals surface area (Å²) in [5, 5.41) is 9.17. The van der Waals surface area contributed by atoms with E-state index < -0.39 is 17.5 Å². The van der Waals surface area contributed by atoms with E-state index >= 15 is 0 Å². The maximum atomic E-state index is 13.7. The van der Waals surface area contributed by atoms with E-state index in [1.54, 1.807) is 0 Å². The van der Waals surface area contributed by atoms with Gasteiger partial charge < -0.3 is 25.6 Å². The molecule has 9 nitrogen and oxygen atoms in total. The van der Waals surface area contributed by atoms with Gasteiger partial charge in [-0.15, -0.1) is 0 Å². The molecule has 1 aromatic carbocycles. The monoisotopic (exact) mass is 552 g/mol. The fourth-order valence-corrected chi connectivity index (χ4v) is 6.11. The molecule has 3 heterocycles. The number of fused-ring (bicyclic) bond motifs is 1. The molecule has 0 aromatic heterocycles. The van der Waals surface area contributed by atoms with Gasteiger partial charge in [-0.3, -0.25) is 19.2 Å². The van der Waals surface area contributed by atoms with Crippen LogP contribution in [-0.2, 0) is 30.3 Å². The predicted molar refractivity (Wildman–Crippen MR) is 152 cm³/mol. The first-order chi connectivity index (χ1) is 19.2. The zero-order chi connectivity index (χ0) is 28.7. The molecule has 1 aromatic rings. The molecular formula is C31H44N4O5. The summed E-state index contributed by atoms with van der Waals surface area (Å²) >= 11 is 0. The zero-order valence-corrected chi connectivity index (χ0v) is 24.0. The average molecular weight is 553 g/mol. The van der Waals surface area contributed by atoms with Crippen LogP contribution in [0.4, 0.5) is 0 Å². The number of hydrogen-bond donors (Lipinski definition) is 3. The molecular weight excluding hydrogens is 508 g/mol. The fraction of sp³-hybridized carbons (Fsp3) is 0.613. The molecule has 4 rings (SSSR count). The van der Waals surface area contributed by atoms with Crippen molar-refractivity contribution in [1.29, 1.82) is 0 Å². The van der Waals surface area contributed by atoms with E-state index in [0.717, 1.165) is 5.56 Å². The smallest absolute Gasteiger partial charge is 0.245 e. The normalized spacial score (nSPS) is 26.9. The first-order valence-electron chi connectivity index (χ1n) is 14.6. The molecule has 40 heavy (non-hydrogen) atoms. The summed E-state index contributed by atoms with van der Waals surface area (Å²) in [6, 6.07) is 8.32. The molecule has 0 saturated carbocycles. The van der Waals surface area contributed by atoms with Crippen LogP contribution >= 0.6 is 0 Å². The van der Waals surface area contributed by atoms with Crippen molar-refractivity contribution < 1.29 is 23.9 Å². The largest absolute Gasteiger partial charge is 0.381 e. The van der Waals surface area contributed by atoms with Crippen LogP contribution in [0.2, 0.25) is 0 Å². The Hall–Kier alpha value is -3.20. The van der Waals surface area contributed by atoms with Crippen molar-refractivity contribution in [2.24, 2.45) is 17.3 Å². The number of carbonyl (C=O) groups excluding carboxylic acids is 4. The number of nitrogens with zero attached hydrogens (tertiary/aromatic N) is 1. The van der Waals surface area contributed by atoms with E-state index in [1.807, 2.05) is 49.1 Å². The van der Waals surface area contributed by atoms with Crippen molar-refractivity contribution in [3.8, 4) is 0 Å². The summed E-state index contributed by atoms with van der Waals surface area (Å²) in [5.74, 6) is -0.620. The van der Waals surface area contributed by atoms with Crippen molar-refractivity contribution in [3.63, 3.8) is 0 Å². The van der Waals surface area contributed by atoms with Crippen LogP contribution in [0.15, 0.2) is 42.5 Å². The Kier molecular flexibility index (Phi) is 10.0. The fourth-order valence-electron chi connectivity index (χ4n) is 6.11. The van der Waals surface area contributed by atoms with Gasteiger partial charge in [-0.2, -0.15) is 0 Å². The SMILES string of the molecule is CC(=O)N[C@@H](C(=O)N1CC[C@H]2NC(=O)[C@H](Cc3ccccc3)NC(=O)C3(C/C=C/C[C@H]2C1)CCOCC3)C(C)C. The van der Waals surface area contributed by atoms with E-state index in [0.29, 0.717) is 64.8 Å². The predicted octanol–water partition coefficient (Wildman–Crippen LogP) is 2.35. The van der Waals surface area contributed by atoms with Crippen molar-refractivity contribution in [3.05, 3.63) is 48.0 Å². The standard InChI is InChI=1S/C31H44N4O5/c1-21(2)27(32-22(3)36)29(38)35-16-12-25-24(20-35)11-7-8-13-31(14-17-40-18-15-31)30(39)34-26(28(37)33-25)19-23-9-5-4-6-10-23/h4-10,21,24-27H,11-20H2,1-3H3,(H,32,36)(H,33,37)(H,34,39)/b8-7+/t24-,25+,26-,27+/m0/s1. The number of likely N-dealkylation sites (tertiary alicyclic amines) is 1. The Morgan fingerprint density at radius 1 is 1.10 bits per heavy atom. The first-order valence-corrected chi connectivity index (χ1v) is 14.6. The van der Waals surface area contributed by atoms with Crippen molar-refractivity contribution in [2.45, 2.75) is 77.4 Å². The third kappa shape index (κ3) is 7.30. The first kappa shape index (κ1) is 29.8. The number of benzene rings is 1. The van der Waals surface area contributed by atoms with Crippen LogP contribution in [0.25, 0.3) is 0 Å². The highest BCUT2D eigenvalue weighted by Gasteiger charge is 2.42. The van der Waals surface area contributed by atoms with Gasteiger partial charge in [-0.1, -0.05) is 56.3 Å². The maximum absolute atomic E-state index is 13.7. The third-order valence-electron chi connectivity index (χ3n) is 8.61. The summed E-state index contributed by atoms with van der Waals surface area (Å²) in [5.41, 5.74) is 0.366. The van der Waals surface area contributed by atoms with E-state index in [4.69, 9.17) is 4.74 Å². The third-order valence-corrected chi connectivity index (χ3v) is 8.61. The number of amides is 4. The summed E-state index contributed by atoms with van der Waals surface area (Å²) in [6.45, 7) is 7.30. The topological polar surface area (TPSA) is 117 Å². The van der Waals surface area contributed by atoms with Gasteiger partial charge >= 0.3 is 0 Å². The van der Waals surface area contributed by atoms with Gasteiger partial charge in [0.25, 0.3) is 0 Å². The highest BCUT2D eigenvalue weighted by atomic mass is 16.5. The molecule has 9 heteroatoms. The number of carbonyl (C=O) groups is 4. The van der Waals surface area contributed by atoms with Crippen LogP contribution in [-0.4, -0.2) is 73.0 Å². The molecule has 2 fully saturated rings. The van der Waals surface area contributed by atoms with Gasteiger partial charge in [-0.25, -0.2) is 0 Å². The summed E-state index contributed by atoms with van der Waals surface area (Å²) < 4.78 is 5.58. The maximum Gasteiger partial charge on any atom is 0.245 e. The molecule has 2 saturated heterocycles. The van der Waals surface area contributed by atoms with Crippen molar-refractivity contribution >= 4 is 23.6 Å². The summed E-state index contributed by atoms with van der Waals surface area (Å²) in [6.07, 6.45) is 7.67. The van der Waals surface area contributed by atoms with Gasteiger partial charge in [-0.05, 0) is 43.6 Å². The Morgan fingerprint density at radius 3 is 2.50 bits per heavy atom. The average Bonchev–Trinajstić information content (AvgIpc) is 2.94. The van der Waals surface area contributed by atoms with Gasteiger partial charge in [0.1, 0.15) is 12.1 Å². The highest BCUT2D eigenvalue weighted by Crippen LogP contribution is 2.36. The summed E-state index contributed by atoms with van der Waals surface area (Å²) in [4.78, 5) is 54.5. The second kappa shape index (κ2) is 13.4. The Labute approximate surface area is 237 Å². The van der Waals surface area contributed by atoms with Crippen LogP contribution < -0.4 is 16.0 Å². The zero-order valence-electron chi connectivity index (χ0n) is 24.0. The lowest BCUT2D eigenvalue weighted by Crippen LogP contribution is -2.60. The number of hydrogen-bond acceptors (Lipinski definition) is 5. The molecule has 4 atom stereocenters. The molecule has 218 valence electrons. The molecule has 3 aliphatic rings. The lowest BCUT2D eigenvalue weighted by molar-refractivity contribution is -0.141. The van der Waals surface area contributed by atoms with Crippen molar-refractivity contribution in [2.75, 3.05) is 26.3 Å². The van der Waals surface area contributed by atoms with Gasteiger partial charge in [0.15, 0.2) is 0 Å². The lowest BCUT2D eigenvalue weighted by Gasteiger charge is -2.41. The number of rotatable bonds is 5. The quantitative estimate of drug-likeness (QED) is 0.485. The molecule has 0 unspecified atom stereocenters. The second-order valence-corrected chi connectivity index (χ2v) is 11.9. The van der Waals surface area contributed by atoms with Gasteiger partial charge in [0.05, 0.1) is 5.41 Å². The molecule has 0 aliphatic carbocycles. The lowest BCUT2D eigenvalue weighted by atomic mass is 9.75. The van der Waals surface area contributed by atoms with Crippen LogP contribution in [0.5, 0.6) is 0 Å². The molecule has 0 radical (unpaired) electrons. The van der Waals surface area contributed by atoms with E-state index in [9.17, 15) is 19.2 Å². The molecule has 1 spiro atoms. The second-order valence-electron chi connectivity index (χ2n) is 11.9. The van der Waals surface area contributed by atoms with Crippen molar-refractivity contribution in [1.82, 2.24) is 20.9 Å². The van der Waals surface area contributed by atoms with E-state index in [1.165, 1.54) is 6.92 Å². The Balaban J connectivity index is 1.58. The van der Waals surface area contributed by atoms with Gasteiger partial charge in [0, 0.05) is 51.6 Å². The van der Waals surface area contributed by atoms with Crippen LogP contribution in [0, 0.1) is 17.3 Å². The number of nitrogens with one attached hydrogen (secondary N) is 3. The number of allylic oxidation sites excluding steroid dienone is 2. The Morgan fingerprint density at radius 2 is 1.82 bits per heavy atom. The minimum atomic E-state index is -0.705. The highest BCUT2D eigenvalue weighted by molar-refractivity contribution is 5.91. The molecule has 3 aliphatic heterocycles. The molecule has 4 amide bonds. The molecule has 3 N–H and O–H groups in total. The number of ether oxygens (including phenoxy) is 1. The van der Waals surface area contributed by atoms with Crippen LogP contribution in [0.3, 0.4) is 0 Å². The van der Waals surface area contributed by atoms with E-state index in [-0.39, 0.29) is 41.5 Å². The minimum Gasteiger partial charge on any atom is -0.381 e. The minimum absolute atomic E-state index is 0.0150. The summed E-state index contributed by atoms with van der Waals surface area (Å²) in [7, 11) is 0. The van der Waals surface area contributed by atoms with Crippen LogP contribution in [0.1, 0.15) is 58.4 Å². The van der Waals surface area contributed by atoms with E-state index in [2.05, 4.69) is 28.1 Å². The van der Waals surface area contributed by atoms with Gasteiger partial charge in [0.2, 0.25) is 23.6 Å². The number of piperidine rings is 1. The Bertz CT molecular complexity index is 1080. The molecule has 0 bridgehead atoms.